The summed E-state index contributed by atoms with van der Waals surface area (Å²) in [6.45, 7) is 21.4. The number of hydrogen-bond acceptors (Lipinski definition) is 10. The van der Waals surface area contributed by atoms with Gasteiger partial charge in [0.2, 0.25) is 5.13 Å². The largest absolute Gasteiger partial charge is 0.491 e. The van der Waals surface area contributed by atoms with Crippen LogP contribution in [0.25, 0.3) is 22.6 Å². The fraction of sp³-hybridized carbons (Fsp3) is 0.467. The highest BCUT2D eigenvalue weighted by Gasteiger charge is 2.38. The van der Waals surface area contributed by atoms with E-state index in [0.29, 0.717) is 40.8 Å². The molecular formula is C30H39N6O3SSi. The van der Waals surface area contributed by atoms with Crippen molar-refractivity contribution in [2.24, 2.45) is 0 Å². The number of aryl methyl sites for hydroxylation is 2. The average Bonchev–Trinajstić information content (AvgIpc) is 3.56. The van der Waals surface area contributed by atoms with E-state index in [1.807, 2.05) is 45.0 Å². The lowest BCUT2D eigenvalue weighted by Gasteiger charge is -2.38. The van der Waals surface area contributed by atoms with Gasteiger partial charge < -0.3 is 19.0 Å². The smallest absolute Gasteiger partial charge is 0.211 e. The zero-order valence-corrected chi connectivity index (χ0v) is 27.0. The minimum Gasteiger partial charge on any atom is -0.491 e. The molecule has 0 bridgehead atoms. The van der Waals surface area contributed by atoms with Crippen LogP contribution >= 0.6 is 11.3 Å². The molecule has 3 heterocycles. The predicted molar refractivity (Wildman–Crippen MR) is 165 cm³/mol. The first-order valence-corrected chi connectivity index (χ1v) is 17.7. The molecule has 5 rings (SSSR count). The third kappa shape index (κ3) is 6.52. The van der Waals surface area contributed by atoms with Gasteiger partial charge in [-0.15, -0.1) is 10.2 Å². The number of rotatable bonds is 10. The molecule has 0 saturated heterocycles. The molecule has 1 saturated carbocycles. The van der Waals surface area contributed by atoms with Crippen molar-refractivity contribution in [1.29, 1.82) is 0 Å². The molecule has 41 heavy (non-hydrogen) atoms. The molecule has 217 valence electrons. The third-order valence-electron chi connectivity index (χ3n) is 7.80. The molecule has 0 spiro atoms. The average molecular weight is 592 g/mol. The Hall–Kier alpha value is -3.15. The van der Waals surface area contributed by atoms with Crippen molar-refractivity contribution in [2.45, 2.75) is 84.5 Å². The standard InChI is InChI=1S/C30H39N6O3SSi/c1-17(39-41(8,9)30(5,6)7)16-37-23-12-10-11-22(15-23)27-31-25(24-19(3)36-38-20(24)4)18(2)26(32-27)33-29-35-34-28(40-29)21-13-14-21/h10-12,15,17,21H,1,13-14,16H2,2-9H3,(H,31,32,33,35). The summed E-state index contributed by atoms with van der Waals surface area (Å²) in [5, 5.41) is 18.2. The monoisotopic (exact) mass is 591 g/mol. The Morgan fingerprint density at radius 1 is 1.15 bits per heavy atom. The molecule has 1 atom stereocenters. The van der Waals surface area contributed by atoms with Crippen LogP contribution in [0.3, 0.4) is 0 Å². The summed E-state index contributed by atoms with van der Waals surface area (Å²) in [4.78, 5) is 9.92. The number of anilines is 2. The van der Waals surface area contributed by atoms with E-state index in [-0.39, 0.29) is 11.1 Å². The maximum absolute atomic E-state index is 6.37. The number of aromatic nitrogens is 5. The fourth-order valence-electron chi connectivity index (χ4n) is 4.26. The summed E-state index contributed by atoms with van der Waals surface area (Å²) < 4.78 is 18.0. The van der Waals surface area contributed by atoms with Crippen LogP contribution in [-0.4, -0.2) is 46.4 Å². The van der Waals surface area contributed by atoms with E-state index in [0.717, 1.165) is 33.1 Å². The molecule has 1 radical (unpaired) electrons. The van der Waals surface area contributed by atoms with Gasteiger partial charge in [-0.25, -0.2) is 9.97 Å². The lowest BCUT2D eigenvalue weighted by molar-refractivity contribution is 0.148. The molecule has 1 aliphatic rings. The Bertz CT molecular complexity index is 1520. The summed E-state index contributed by atoms with van der Waals surface area (Å²) in [7, 11) is -1.95. The van der Waals surface area contributed by atoms with Crippen molar-refractivity contribution < 1.29 is 13.7 Å². The third-order valence-corrected chi connectivity index (χ3v) is 13.3. The van der Waals surface area contributed by atoms with Gasteiger partial charge in [0, 0.05) is 17.0 Å². The van der Waals surface area contributed by atoms with Crippen molar-refractivity contribution >= 4 is 30.6 Å². The molecule has 0 aliphatic heterocycles. The predicted octanol–water partition coefficient (Wildman–Crippen LogP) is 7.80. The Labute approximate surface area is 247 Å². The van der Waals surface area contributed by atoms with E-state index in [9.17, 15) is 0 Å². The highest BCUT2D eigenvalue weighted by atomic mass is 32.1. The van der Waals surface area contributed by atoms with Crippen LogP contribution in [0.1, 0.15) is 61.6 Å². The maximum Gasteiger partial charge on any atom is 0.211 e. The molecule has 4 aromatic rings. The van der Waals surface area contributed by atoms with E-state index >= 15 is 0 Å². The lowest BCUT2D eigenvalue weighted by atomic mass is 10.0. The highest BCUT2D eigenvalue weighted by Crippen LogP contribution is 2.43. The van der Waals surface area contributed by atoms with Gasteiger partial charge in [-0.2, -0.15) is 0 Å². The Morgan fingerprint density at radius 2 is 1.90 bits per heavy atom. The van der Waals surface area contributed by atoms with E-state index in [1.165, 1.54) is 12.8 Å². The van der Waals surface area contributed by atoms with Crippen LogP contribution in [0, 0.1) is 27.7 Å². The SMILES string of the molecule is [CH2]C(COc1cccc(-c2nc(Nc3nnc(C4CC4)s3)c(C)c(-c3c(C)noc3C)n2)c1)O[Si](C)(C)C(C)(C)C. The number of nitrogens with one attached hydrogen (secondary N) is 1. The first-order valence-electron chi connectivity index (χ1n) is 14.0. The number of hydrogen-bond donors (Lipinski definition) is 1. The first-order chi connectivity index (χ1) is 19.3. The van der Waals surface area contributed by atoms with E-state index in [4.69, 9.17) is 23.7 Å². The molecule has 1 unspecified atom stereocenters. The molecule has 1 fully saturated rings. The second-order valence-corrected chi connectivity index (χ2v) is 18.0. The van der Waals surface area contributed by atoms with Crippen molar-refractivity contribution in [3.8, 4) is 28.4 Å². The Balaban J connectivity index is 1.44. The summed E-state index contributed by atoms with van der Waals surface area (Å²) in [5.74, 6) is 3.15. The number of ether oxygens (including phenoxy) is 1. The molecule has 9 nitrogen and oxygen atoms in total. The summed E-state index contributed by atoms with van der Waals surface area (Å²) >= 11 is 1.58. The Kier molecular flexibility index (Phi) is 8.06. The second kappa shape index (κ2) is 11.3. The van der Waals surface area contributed by atoms with Crippen LogP contribution in [0.4, 0.5) is 10.9 Å². The summed E-state index contributed by atoms with van der Waals surface area (Å²) in [6.07, 6.45) is 2.08. The zero-order valence-electron chi connectivity index (χ0n) is 25.2. The van der Waals surface area contributed by atoms with E-state index in [2.05, 4.69) is 61.5 Å². The molecule has 1 aliphatic carbocycles. The summed E-state index contributed by atoms with van der Waals surface area (Å²) in [5.41, 5.74) is 4.09. The normalized spacial score (nSPS) is 14.8. The van der Waals surface area contributed by atoms with E-state index in [1.54, 1.807) is 11.3 Å². The van der Waals surface area contributed by atoms with Gasteiger partial charge in [-0.3, -0.25) is 0 Å². The van der Waals surface area contributed by atoms with Gasteiger partial charge in [0.15, 0.2) is 14.1 Å². The topological polar surface area (TPSA) is 108 Å². The van der Waals surface area contributed by atoms with Gasteiger partial charge in [-0.05, 0) is 70.8 Å². The van der Waals surface area contributed by atoms with Crippen LogP contribution in [0.2, 0.25) is 18.1 Å². The molecular weight excluding hydrogens is 553 g/mol. The van der Waals surface area contributed by atoms with Gasteiger partial charge >= 0.3 is 0 Å². The van der Waals surface area contributed by atoms with Crippen LogP contribution in [-0.2, 0) is 4.43 Å². The van der Waals surface area contributed by atoms with Crippen molar-refractivity contribution in [1.82, 2.24) is 25.3 Å². The van der Waals surface area contributed by atoms with Gasteiger partial charge in [0.05, 0.1) is 23.1 Å². The quantitative estimate of drug-likeness (QED) is 0.185. The van der Waals surface area contributed by atoms with Crippen molar-refractivity contribution in [3.63, 3.8) is 0 Å². The molecule has 1 aromatic carbocycles. The number of nitrogens with zero attached hydrogens (tertiary/aromatic N) is 5. The molecule has 3 aromatic heterocycles. The van der Waals surface area contributed by atoms with Crippen LogP contribution in [0.5, 0.6) is 5.75 Å². The minimum absolute atomic E-state index is 0.102. The van der Waals surface area contributed by atoms with Gasteiger partial charge in [0.25, 0.3) is 0 Å². The first kappa shape index (κ1) is 29.3. The van der Waals surface area contributed by atoms with Crippen LogP contribution < -0.4 is 10.1 Å². The van der Waals surface area contributed by atoms with Gasteiger partial charge in [0.1, 0.15) is 28.9 Å². The zero-order chi connectivity index (χ0) is 29.5. The van der Waals surface area contributed by atoms with Gasteiger partial charge in [-0.1, -0.05) is 49.4 Å². The van der Waals surface area contributed by atoms with E-state index < -0.39 is 8.32 Å². The van der Waals surface area contributed by atoms with Crippen molar-refractivity contribution in [3.05, 3.63) is 53.2 Å². The van der Waals surface area contributed by atoms with Crippen LogP contribution in [0.15, 0.2) is 28.8 Å². The lowest BCUT2D eigenvalue weighted by Crippen LogP contribution is -2.44. The highest BCUT2D eigenvalue weighted by molar-refractivity contribution is 7.15. The molecule has 1 N–H and O–H groups in total. The molecule has 11 heteroatoms. The fourth-order valence-corrected chi connectivity index (χ4v) is 6.42. The Morgan fingerprint density at radius 3 is 2.56 bits per heavy atom. The second-order valence-electron chi connectivity index (χ2n) is 12.3. The number of benzene rings is 1. The van der Waals surface area contributed by atoms with Crippen molar-refractivity contribution in [2.75, 3.05) is 11.9 Å². The molecule has 0 amide bonds. The maximum atomic E-state index is 6.37. The minimum atomic E-state index is -1.95. The summed E-state index contributed by atoms with van der Waals surface area (Å²) in [6, 6.07) is 7.78.